The van der Waals surface area contributed by atoms with Crippen molar-refractivity contribution in [3.8, 4) is 0 Å². The van der Waals surface area contributed by atoms with Gasteiger partial charge in [-0.05, 0) is 41.1 Å². The van der Waals surface area contributed by atoms with E-state index in [2.05, 4.69) is 21.2 Å². The second-order valence-electron chi connectivity index (χ2n) is 3.74. The molecule has 1 aromatic rings. The summed E-state index contributed by atoms with van der Waals surface area (Å²) in [6.07, 6.45) is -0.122. The summed E-state index contributed by atoms with van der Waals surface area (Å²) >= 11 is 9.13. The molecule has 3 N–H and O–H groups in total. The molecule has 104 valence electrons. The molecule has 0 heterocycles. The van der Waals surface area contributed by atoms with Gasteiger partial charge >= 0.3 is 5.97 Å². The lowest BCUT2D eigenvalue weighted by atomic mass is 10.2. The molecule has 0 radical (unpaired) electrons. The zero-order chi connectivity index (χ0) is 14.4. The van der Waals surface area contributed by atoms with Crippen LogP contribution in [0.1, 0.15) is 13.3 Å². The molecule has 5 nitrogen and oxygen atoms in total. The van der Waals surface area contributed by atoms with Crippen molar-refractivity contribution in [2.75, 3.05) is 11.9 Å². The number of carbonyl (C=O) groups excluding carboxylic acids is 2. The lowest BCUT2D eigenvalue weighted by molar-refractivity contribution is -0.144. The fraction of sp³-hybridized carbons (Fsp3) is 0.333. The lowest BCUT2D eigenvalue weighted by Gasteiger charge is -2.16. The van der Waals surface area contributed by atoms with Gasteiger partial charge in [0.1, 0.15) is 6.04 Å². The average molecular weight is 350 g/mol. The van der Waals surface area contributed by atoms with E-state index in [4.69, 9.17) is 22.1 Å². The van der Waals surface area contributed by atoms with Gasteiger partial charge in [0.2, 0.25) is 5.91 Å². The van der Waals surface area contributed by atoms with Crippen LogP contribution in [0.5, 0.6) is 0 Å². The number of esters is 1. The molecule has 1 aromatic carbocycles. The van der Waals surface area contributed by atoms with Gasteiger partial charge in [-0.2, -0.15) is 0 Å². The van der Waals surface area contributed by atoms with Crippen LogP contribution in [0.2, 0.25) is 5.02 Å². The first-order chi connectivity index (χ1) is 8.93. The molecule has 0 aliphatic carbocycles. The number of rotatable bonds is 6. The molecule has 0 saturated carbocycles. The van der Waals surface area contributed by atoms with Gasteiger partial charge in [-0.25, -0.2) is 0 Å². The minimum atomic E-state index is -0.827. The number of amides is 1. The van der Waals surface area contributed by atoms with E-state index in [-0.39, 0.29) is 13.0 Å². The number of carbonyl (C=O) groups is 2. The molecule has 0 saturated heterocycles. The number of hydrogen-bond acceptors (Lipinski definition) is 4. The molecular formula is C12H14BrClN2O3. The Labute approximate surface area is 124 Å². The van der Waals surface area contributed by atoms with E-state index in [1.165, 1.54) is 0 Å². The molecule has 0 aliphatic heterocycles. The predicted octanol–water partition coefficient (Wildman–Crippen LogP) is 2.32. The molecule has 0 aliphatic rings. The number of hydrogen-bond donors (Lipinski definition) is 2. The Morgan fingerprint density at radius 3 is 2.74 bits per heavy atom. The smallest absolute Gasteiger partial charge is 0.308 e. The Bertz CT molecular complexity index is 482. The summed E-state index contributed by atoms with van der Waals surface area (Å²) < 4.78 is 5.47. The van der Waals surface area contributed by atoms with Gasteiger partial charge in [0.15, 0.2) is 0 Å². The molecule has 1 amide bonds. The van der Waals surface area contributed by atoms with Crippen LogP contribution >= 0.6 is 27.5 Å². The Morgan fingerprint density at radius 1 is 1.53 bits per heavy atom. The van der Waals surface area contributed by atoms with Crippen molar-refractivity contribution in [3.05, 3.63) is 27.7 Å². The van der Waals surface area contributed by atoms with E-state index in [1.807, 2.05) is 0 Å². The molecule has 0 spiro atoms. The van der Waals surface area contributed by atoms with Crippen molar-refractivity contribution < 1.29 is 14.3 Å². The number of ether oxygens (including phenoxy) is 1. The third kappa shape index (κ3) is 5.08. The fourth-order valence-electron chi connectivity index (χ4n) is 1.40. The molecule has 19 heavy (non-hydrogen) atoms. The zero-order valence-corrected chi connectivity index (χ0v) is 12.6. The highest BCUT2D eigenvalue weighted by Gasteiger charge is 2.20. The maximum atomic E-state index is 11.4. The molecule has 0 bridgehead atoms. The second-order valence-corrected chi connectivity index (χ2v) is 5.00. The van der Waals surface area contributed by atoms with E-state index >= 15 is 0 Å². The van der Waals surface area contributed by atoms with Crippen LogP contribution in [0.3, 0.4) is 0 Å². The highest BCUT2D eigenvalue weighted by Crippen LogP contribution is 2.26. The van der Waals surface area contributed by atoms with Crippen molar-refractivity contribution in [3.63, 3.8) is 0 Å². The van der Waals surface area contributed by atoms with Crippen LogP contribution in [0, 0.1) is 0 Å². The molecule has 7 heteroatoms. The number of halogens is 2. The van der Waals surface area contributed by atoms with Gasteiger partial charge in [-0.15, -0.1) is 0 Å². The Kier molecular flexibility index (Phi) is 6.11. The monoisotopic (exact) mass is 348 g/mol. The van der Waals surface area contributed by atoms with Crippen LogP contribution in [0.25, 0.3) is 0 Å². The summed E-state index contributed by atoms with van der Waals surface area (Å²) in [5, 5.41) is 3.42. The lowest BCUT2D eigenvalue weighted by Crippen LogP contribution is -2.37. The van der Waals surface area contributed by atoms with Gasteiger partial charge in [-0.3, -0.25) is 9.59 Å². The van der Waals surface area contributed by atoms with Crippen molar-refractivity contribution in [1.82, 2.24) is 0 Å². The number of nitrogens with two attached hydrogens (primary N) is 1. The van der Waals surface area contributed by atoms with Crippen LogP contribution < -0.4 is 11.1 Å². The van der Waals surface area contributed by atoms with Crippen molar-refractivity contribution in [2.24, 2.45) is 5.73 Å². The van der Waals surface area contributed by atoms with E-state index in [9.17, 15) is 9.59 Å². The Hall–Kier alpha value is -1.27. The minimum Gasteiger partial charge on any atom is -0.466 e. The largest absolute Gasteiger partial charge is 0.466 e. The van der Waals surface area contributed by atoms with Gasteiger partial charge in [0, 0.05) is 10.2 Å². The zero-order valence-electron chi connectivity index (χ0n) is 10.3. The number of primary amides is 1. The predicted molar refractivity (Wildman–Crippen MR) is 77.0 cm³/mol. The van der Waals surface area contributed by atoms with E-state index in [0.717, 1.165) is 0 Å². The molecule has 0 fully saturated rings. The standard InChI is InChI=1S/C12H14BrClN2O3/c1-2-19-11(17)6-10(12(15)18)16-7-3-4-9(14)8(13)5-7/h3-5,10,16H,2,6H2,1H3,(H2,15,18). The van der Waals surface area contributed by atoms with E-state index in [0.29, 0.717) is 15.2 Å². The Morgan fingerprint density at radius 2 is 2.21 bits per heavy atom. The first-order valence-corrected chi connectivity index (χ1v) is 6.77. The highest BCUT2D eigenvalue weighted by molar-refractivity contribution is 9.10. The summed E-state index contributed by atoms with van der Waals surface area (Å²) in [7, 11) is 0. The number of nitrogens with one attached hydrogen (secondary N) is 1. The summed E-state index contributed by atoms with van der Waals surface area (Å²) in [6.45, 7) is 1.96. The number of anilines is 1. The fourth-order valence-corrected chi connectivity index (χ4v) is 1.89. The van der Waals surface area contributed by atoms with Gasteiger partial charge in [0.25, 0.3) is 0 Å². The molecule has 0 aromatic heterocycles. The number of benzene rings is 1. The normalized spacial score (nSPS) is 11.7. The molecule has 1 atom stereocenters. The topological polar surface area (TPSA) is 81.4 Å². The Balaban J connectivity index is 2.75. The quantitative estimate of drug-likeness (QED) is 0.772. The van der Waals surface area contributed by atoms with E-state index < -0.39 is 17.9 Å². The van der Waals surface area contributed by atoms with Crippen LogP contribution in [0.4, 0.5) is 5.69 Å². The maximum absolute atomic E-state index is 11.4. The molecule has 1 unspecified atom stereocenters. The summed E-state index contributed by atoms with van der Waals surface area (Å²) in [5.41, 5.74) is 5.88. The summed E-state index contributed by atoms with van der Waals surface area (Å²) in [5.74, 6) is -1.11. The average Bonchev–Trinajstić information content (AvgIpc) is 2.33. The van der Waals surface area contributed by atoms with Gasteiger partial charge in [-0.1, -0.05) is 11.6 Å². The first-order valence-electron chi connectivity index (χ1n) is 5.60. The highest BCUT2D eigenvalue weighted by atomic mass is 79.9. The second kappa shape index (κ2) is 7.35. The van der Waals surface area contributed by atoms with Crippen LogP contribution in [0.15, 0.2) is 22.7 Å². The third-order valence-electron chi connectivity index (χ3n) is 2.28. The molecular weight excluding hydrogens is 336 g/mol. The maximum Gasteiger partial charge on any atom is 0.308 e. The summed E-state index contributed by atoms with van der Waals surface area (Å²) in [4.78, 5) is 22.7. The third-order valence-corrected chi connectivity index (χ3v) is 3.49. The van der Waals surface area contributed by atoms with Crippen LogP contribution in [-0.2, 0) is 14.3 Å². The van der Waals surface area contributed by atoms with Gasteiger partial charge in [0.05, 0.1) is 18.1 Å². The van der Waals surface area contributed by atoms with Crippen molar-refractivity contribution in [2.45, 2.75) is 19.4 Å². The van der Waals surface area contributed by atoms with E-state index in [1.54, 1.807) is 25.1 Å². The summed E-state index contributed by atoms with van der Waals surface area (Å²) in [6, 6.07) is 4.22. The first kappa shape index (κ1) is 15.8. The van der Waals surface area contributed by atoms with Crippen molar-refractivity contribution in [1.29, 1.82) is 0 Å². The minimum absolute atomic E-state index is 0.122. The SMILES string of the molecule is CCOC(=O)CC(Nc1ccc(Cl)c(Br)c1)C(N)=O. The van der Waals surface area contributed by atoms with Gasteiger partial charge < -0.3 is 15.8 Å². The van der Waals surface area contributed by atoms with Crippen molar-refractivity contribution >= 4 is 45.1 Å². The molecule has 1 rings (SSSR count). The van der Waals surface area contributed by atoms with Crippen LogP contribution in [-0.4, -0.2) is 24.5 Å².